The van der Waals surface area contributed by atoms with E-state index in [4.69, 9.17) is 0 Å². The zero-order chi connectivity index (χ0) is 12.3. The Morgan fingerprint density at radius 3 is 2.88 bits per heavy atom. The van der Waals surface area contributed by atoms with Crippen LogP contribution < -0.4 is 5.32 Å². The third-order valence-electron chi connectivity index (χ3n) is 3.32. The molecule has 0 atom stereocenters. The summed E-state index contributed by atoms with van der Waals surface area (Å²) in [5, 5.41) is 18.0. The van der Waals surface area contributed by atoms with Crippen LogP contribution in [0.1, 0.15) is 24.8 Å². The molecule has 6 nitrogen and oxygen atoms in total. The van der Waals surface area contributed by atoms with Crippen LogP contribution in [0, 0.1) is 23.0 Å². The van der Waals surface area contributed by atoms with Gasteiger partial charge >= 0.3 is 5.82 Å². The Morgan fingerprint density at radius 1 is 1.59 bits per heavy atom. The van der Waals surface area contributed by atoms with E-state index in [1.165, 1.54) is 12.8 Å². The summed E-state index contributed by atoms with van der Waals surface area (Å²) in [4.78, 5) is 10.2. The molecule has 2 heterocycles. The SMILES string of the molecule is Cc1cn(CCC2CCNCC2)nc1[N+](=O)[O-]. The van der Waals surface area contributed by atoms with Crippen molar-refractivity contribution in [1.29, 1.82) is 0 Å². The minimum absolute atomic E-state index is 0.0182. The van der Waals surface area contributed by atoms with Crippen molar-refractivity contribution < 1.29 is 4.92 Å². The first-order chi connectivity index (χ1) is 8.16. The largest absolute Gasteiger partial charge is 0.392 e. The molecule has 1 aliphatic heterocycles. The van der Waals surface area contributed by atoms with E-state index >= 15 is 0 Å². The van der Waals surface area contributed by atoms with Gasteiger partial charge in [-0.25, -0.2) is 0 Å². The van der Waals surface area contributed by atoms with E-state index in [0.29, 0.717) is 5.56 Å². The van der Waals surface area contributed by atoms with Gasteiger partial charge in [-0.3, -0.25) is 0 Å². The lowest BCUT2D eigenvalue weighted by Crippen LogP contribution is -2.28. The van der Waals surface area contributed by atoms with Crippen molar-refractivity contribution in [3.8, 4) is 0 Å². The summed E-state index contributed by atoms with van der Waals surface area (Å²) in [6.07, 6.45) is 5.21. The van der Waals surface area contributed by atoms with Gasteiger partial charge in [0.25, 0.3) is 0 Å². The molecule has 0 aromatic carbocycles. The number of nitrogens with zero attached hydrogens (tertiary/aromatic N) is 3. The highest BCUT2D eigenvalue weighted by molar-refractivity contribution is 5.27. The zero-order valence-corrected chi connectivity index (χ0v) is 10.1. The number of rotatable bonds is 4. The second-order valence-electron chi connectivity index (χ2n) is 4.64. The molecule has 1 saturated heterocycles. The Morgan fingerprint density at radius 2 is 2.29 bits per heavy atom. The average Bonchev–Trinajstić information content (AvgIpc) is 2.69. The number of aryl methyl sites for hydroxylation is 2. The van der Waals surface area contributed by atoms with Gasteiger partial charge < -0.3 is 15.4 Å². The maximum Gasteiger partial charge on any atom is 0.392 e. The van der Waals surface area contributed by atoms with E-state index in [1.807, 2.05) is 0 Å². The van der Waals surface area contributed by atoms with Crippen LogP contribution >= 0.6 is 0 Å². The molecule has 1 aliphatic rings. The molecule has 1 aromatic rings. The van der Waals surface area contributed by atoms with Gasteiger partial charge in [-0.2, -0.15) is 4.68 Å². The lowest BCUT2D eigenvalue weighted by Gasteiger charge is -2.21. The Labute approximate surface area is 100 Å². The summed E-state index contributed by atoms with van der Waals surface area (Å²) in [6.45, 7) is 4.68. The van der Waals surface area contributed by atoms with Crippen molar-refractivity contribution >= 4 is 5.82 Å². The molecule has 6 heteroatoms. The van der Waals surface area contributed by atoms with Crippen molar-refractivity contribution in [3.05, 3.63) is 21.9 Å². The smallest absolute Gasteiger partial charge is 0.358 e. The van der Waals surface area contributed by atoms with E-state index in [9.17, 15) is 10.1 Å². The molecule has 0 saturated carbocycles. The molecule has 1 fully saturated rings. The molecule has 0 radical (unpaired) electrons. The number of nitrogens with one attached hydrogen (secondary N) is 1. The first-order valence-corrected chi connectivity index (χ1v) is 6.06. The quantitative estimate of drug-likeness (QED) is 0.637. The third-order valence-corrected chi connectivity index (χ3v) is 3.32. The molecule has 0 unspecified atom stereocenters. The molecule has 1 N–H and O–H groups in total. The van der Waals surface area contributed by atoms with Crippen LogP contribution in [0.2, 0.25) is 0 Å². The van der Waals surface area contributed by atoms with Crippen molar-refractivity contribution in [2.75, 3.05) is 13.1 Å². The van der Waals surface area contributed by atoms with Gasteiger partial charge in [0, 0.05) is 0 Å². The van der Waals surface area contributed by atoms with Crippen LogP contribution in [0.5, 0.6) is 0 Å². The van der Waals surface area contributed by atoms with Gasteiger partial charge in [-0.1, -0.05) is 0 Å². The fraction of sp³-hybridized carbons (Fsp3) is 0.727. The molecule has 0 bridgehead atoms. The van der Waals surface area contributed by atoms with Gasteiger partial charge in [0.1, 0.15) is 0 Å². The fourth-order valence-corrected chi connectivity index (χ4v) is 2.29. The van der Waals surface area contributed by atoms with Crippen LogP contribution in [0.15, 0.2) is 6.20 Å². The minimum atomic E-state index is -0.420. The number of piperidine rings is 1. The van der Waals surface area contributed by atoms with Gasteiger partial charge in [0.05, 0.1) is 23.4 Å². The summed E-state index contributed by atoms with van der Waals surface area (Å²) in [7, 11) is 0. The number of nitro groups is 1. The predicted molar refractivity (Wildman–Crippen MR) is 63.8 cm³/mol. The summed E-state index contributed by atoms with van der Waals surface area (Å²) in [6, 6.07) is 0. The standard InChI is InChI=1S/C11H18N4O2/c1-9-8-14(13-11(9)15(16)17)7-4-10-2-5-12-6-3-10/h8,10,12H,2-7H2,1H3. The first kappa shape index (κ1) is 12.0. The van der Waals surface area contributed by atoms with E-state index in [2.05, 4.69) is 10.4 Å². The molecule has 0 spiro atoms. The van der Waals surface area contributed by atoms with E-state index in [1.54, 1.807) is 17.8 Å². The first-order valence-electron chi connectivity index (χ1n) is 6.06. The lowest BCUT2D eigenvalue weighted by molar-refractivity contribution is -0.390. The molecule has 0 aliphatic carbocycles. The summed E-state index contributed by atoms with van der Waals surface area (Å²) >= 11 is 0. The van der Waals surface area contributed by atoms with Crippen LogP contribution in [-0.2, 0) is 6.54 Å². The van der Waals surface area contributed by atoms with Gasteiger partial charge in [0.15, 0.2) is 0 Å². The Kier molecular flexibility index (Phi) is 3.73. The number of hydrogen-bond acceptors (Lipinski definition) is 4. The predicted octanol–water partition coefficient (Wildman–Crippen LogP) is 1.49. The van der Waals surface area contributed by atoms with Crippen molar-refractivity contribution in [2.24, 2.45) is 5.92 Å². The monoisotopic (exact) mass is 238 g/mol. The summed E-state index contributed by atoms with van der Waals surface area (Å²) in [5.41, 5.74) is 0.639. The molecular weight excluding hydrogens is 220 g/mol. The van der Waals surface area contributed by atoms with Crippen molar-refractivity contribution in [1.82, 2.24) is 15.1 Å². The Bertz CT molecular complexity index is 396. The molecule has 17 heavy (non-hydrogen) atoms. The van der Waals surface area contributed by atoms with Crippen LogP contribution in [0.4, 0.5) is 5.82 Å². The lowest BCUT2D eigenvalue weighted by atomic mass is 9.95. The van der Waals surface area contributed by atoms with E-state index in [0.717, 1.165) is 32.0 Å². The average molecular weight is 238 g/mol. The maximum absolute atomic E-state index is 10.7. The van der Waals surface area contributed by atoms with Gasteiger partial charge in [0.2, 0.25) is 0 Å². The molecule has 0 amide bonds. The van der Waals surface area contributed by atoms with Crippen molar-refractivity contribution in [3.63, 3.8) is 0 Å². The molecule has 2 rings (SSSR count). The molecule has 94 valence electrons. The van der Waals surface area contributed by atoms with Crippen molar-refractivity contribution in [2.45, 2.75) is 32.7 Å². The summed E-state index contributed by atoms with van der Waals surface area (Å²) < 4.78 is 1.70. The highest BCUT2D eigenvalue weighted by atomic mass is 16.6. The van der Waals surface area contributed by atoms with Gasteiger partial charge in [-0.05, 0) is 50.1 Å². The topological polar surface area (TPSA) is 73.0 Å². The van der Waals surface area contributed by atoms with Crippen LogP contribution in [0.25, 0.3) is 0 Å². The third kappa shape index (κ3) is 3.03. The van der Waals surface area contributed by atoms with E-state index < -0.39 is 4.92 Å². The second kappa shape index (κ2) is 5.27. The van der Waals surface area contributed by atoms with E-state index in [-0.39, 0.29) is 5.82 Å². The van der Waals surface area contributed by atoms with Crippen LogP contribution in [0.3, 0.4) is 0 Å². The fourth-order valence-electron chi connectivity index (χ4n) is 2.29. The zero-order valence-electron chi connectivity index (χ0n) is 10.1. The number of hydrogen-bond donors (Lipinski definition) is 1. The molecular formula is C11H18N4O2. The van der Waals surface area contributed by atoms with Crippen LogP contribution in [-0.4, -0.2) is 27.8 Å². The normalized spacial score (nSPS) is 17.2. The maximum atomic E-state index is 10.7. The number of aromatic nitrogens is 2. The summed E-state index contributed by atoms with van der Waals surface area (Å²) in [5.74, 6) is 0.704. The second-order valence-corrected chi connectivity index (χ2v) is 4.64. The van der Waals surface area contributed by atoms with Gasteiger partial charge in [-0.15, -0.1) is 0 Å². The molecule has 1 aromatic heterocycles. The highest BCUT2D eigenvalue weighted by Crippen LogP contribution is 2.18. The Hall–Kier alpha value is -1.43. The highest BCUT2D eigenvalue weighted by Gasteiger charge is 2.18. The minimum Gasteiger partial charge on any atom is -0.358 e. The Balaban J connectivity index is 1.90.